The van der Waals surface area contributed by atoms with Gasteiger partial charge in [0.05, 0.1) is 11.0 Å². The maximum Gasteiger partial charge on any atom is 0.0608 e. The zero-order chi connectivity index (χ0) is 10.7. The van der Waals surface area contributed by atoms with Gasteiger partial charge in [-0.15, -0.1) is 0 Å². The molecule has 2 heteroatoms. The Bertz CT molecular complexity index is 813. The Morgan fingerprint density at radius 1 is 0.938 bits per heavy atom. The first kappa shape index (κ1) is 8.59. The van der Waals surface area contributed by atoms with Gasteiger partial charge in [-0.3, -0.25) is 0 Å². The largest absolute Gasteiger partial charge is 0.315 e. The van der Waals surface area contributed by atoms with Crippen LogP contribution < -0.4 is 0 Å². The number of fused-ring (bicyclic) bond motifs is 3. The Balaban J connectivity index is 2.48. The molecule has 4 aromatic rings. The third-order valence-corrected chi connectivity index (χ3v) is 3.66. The smallest absolute Gasteiger partial charge is 0.0608 e. The Labute approximate surface area is 101 Å². The number of nitrogens with zero attached hydrogens (tertiary/aromatic N) is 1. The second kappa shape index (κ2) is 2.77. The van der Waals surface area contributed by atoms with Gasteiger partial charge in [0.1, 0.15) is 0 Å². The lowest BCUT2D eigenvalue weighted by molar-refractivity contribution is 1.30. The van der Waals surface area contributed by atoms with Crippen molar-refractivity contribution in [1.29, 1.82) is 0 Å². The van der Waals surface area contributed by atoms with E-state index in [1.54, 1.807) is 0 Å². The fraction of sp³-hybridized carbons (Fsp3) is 0. The van der Waals surface area contributed by atoms with E-state index in [-0.39, 0.29) is 0 Å². The molecule has 0 saturated heterocycles. The summed E-state index contributed by atoms with van der Waals surface area (Å²) in [5.74, 6) is 0. The molecule has 0 aliphatic heterocycles. The van der Waals surface area contributed by atoms with Crippen LogP contribution in [-0.4, -0.2) is 4.40 Å². The van der Waals surface area contributed by atoms with E-state index in [4.69, 9.17) is 0 Å². The summed E-state index contributed by atoms with van der Waals surface area (Å²) in [5.41, 5.74) is 2.61. The molecule has 0 amide bonds. The van der Waals surface area contributed by atoms with Crippen molar-refractivity contribution in [2.24, 2.45) is 0 Å². The highest BCUT2D eigenvalue weighted by atomic mass is 79.9. The van der Waals surface area contributed by atoms with E-state index in [2.05, 4.69) is 69.0 Å². The Kier molecular flexibility index (Phi) is 1.49. The summed E-state index contributed by atoms with van der Waals surface area (Å²) >= 11 is 3.57. The number of hydrogen-bond acceptors (Lipinski definition) is 0. The maximum absolute atomic E-state index is 3.57. The predicted octanol–water partition coefficient (Wildman–Crippen LogP) is 4.45. The van der Waals surface area contributed by atoms with Gasteiger partial charge in [-0.2, -0.15) is 0 Å². The molecule has 2 heterocycles. The van der Waals surface area contributed by atoms with Crippen molar-refractivity contribution in [3.8, 4) is 0 Å². The van der Waals surface area contributed by atoms with Crippen LogP contribution in [0.5, 0.6) is 0 Å². The third kappa shape index (κ3) is 0.908. The highest BCUT2D eigenvalue weighted by molar-refractivity contribution is 9.10. The zero-order valence-corrected chi connectivity index (χ0v) is 10.0. The summed E-state index contributed by atoms with van der Waals surface area (Å²) in [6, 6.07) is 15.1. The molecular formula is C14H8BrN. The van der Waals surface area contributed by atoms with Crippen molar-refractivity contribution in [2.75, 3.05) is 0 Å². The molecule has 0 aliphatic carbocycles. The van der Waals surface area contributed by atoms with Crippen LogP contribution in [0.2, 0.25) is 0 Å². The summed E-state index contributed by atoms with van der Waals surface area (Å²) in [6.07, 6.45) is 2.15. The molecule has 0 saturated carbocycles. The number of para-hydroxylation sites is 1. The lowest BCUT2D eigenvalue weighted by Gasteiger charge is -1.94. The molecule has 0 fully saturated rings. The molecule has 2 aromatic carbocycles. The molecule has 0 N–H and O–H groups in total. The van der Waals surface area contributed by atoms with Gasteiger partial charge in [0.2, 0.25) is 0 Å². The van der Waals surface area contributed by atoms with Crippen molar-refractivity contribution in [1.82, 2.24) is 4.40 Å². The van der Waals surface area contributed by atoms with Crippen molar-refractivity contribution in [3.05, 3.63) is 53.1 Å². The maximum atomic E-state index is 3.57. The minimum Gasteiger partial charge on any atom is -0.315 e. The summed E-state index contributed by atoms with van der Waals surface area (Å²) in [7, 11) is 0. The van der Waals surface area contributed by atoms with E-state index < -0.39 is 0 Å². The van der Waals surface area contributed by atoms with Crippen molar-refractivity contribution in [2.45, 2.75) is 0 Å². The molecule has 1 nitrogen and oxygen atoms in total. The van der Waals surface area contributed by atoms with Crippen LogP contribution in [0.1, 0.15) is 0 Å². The Hall–Kier alpha value is -1.54. The third-order valence-electron chi connectivity index (χ3n) is 3.20. The Morgan fingerprint density at radius 3 is 2.75 bits per heavy atom. The molecule has 0 aliphatic rings. The molecule has 16 heavy (non-hydrogen) atoms. The van der Waals surface area contributed by atoms with E-state index in [9.17, 15) is 0 Å². The topological polar surface area (TPSA) is 4.41 Å². The standard InChI is InChI=1S/C14H8BrN/c15-10-7-9-5-6-16-13-4-2-1-3-11(13)12(8-10)14(9)16/h1-8H. The van der Waals surface area contributed by atoms with Crippen LogP contribution in [0, 0.1) is 0 Å². The molecule has 0 bridgehead atoms. The van der Waals surface area contributed by atoms with Gasteiger partial charge < -0.3 is 4.40 Å². The second-order valence-electron chi connectivity index (χ2n) is 4.09. The molecule has 4 rings (SSSR count). The van der Waals surface area contributed by atoms with Crippen LogP contribution in [0.15, 0.2) is 53.1 Å². The highest BCUT2D eigenvalue weighted by Crippen LogP contribution is 2.34. The van der Waals surface area contributed by atoms with Crippen LogP contribution in [-0.2, 0) is 0 Å². The van der Waals surface area contributed by atoms with E-state index in [0.29, 0.717) is 0 Å². The monoisotopic (exact) mass is 269 g/mol. The molecule has 2 aromatic heterocycles. The fourth-order valence-electron chi connectivity index (χ4n) is 2.56. The van der Waals surface area contributed by atoms with Crippen LogP contribution in [0.25, 0.3) is 27.2 Å². The first-order valence-corrected chi connectivity index (χ1v) is 6.04. The minimum atomic E-state index is 1.14. The summed E-state index contributed by atoms with van der Waals surface area (Å²) in [6.45, 7) is 0. The quantitative estimate of drug-likeness (QED) is 0.444. The molecular weight excluding hydrogens is 262 g/mol. The van der Waals surface area contributed by atoms with Crippen molar-refractivity contribution >= 4 is 43.1 Å². The first-order valence-electron chi connectivity index (χ1n) is 5.25. The van der Waals surface area contributed by atoms with Crippen molar-refractivity contribution in [3.63, 3.8) is 0 Å². The minimum absolute atomic E-state index is 1.14. The molecule has 0 atom stereocenters. The van der Waals surface area contributed by atoms with Crippen LogP contribution in [0.4, 0.5) is 0 Å². The van der Waals surface area contributed by atoms with Crippen LogP contribution in [0.3, 0.4) is 0 Å². The van der Waals surface area contributed by atoms with Gasteiger partial charge in [-0.1, -0.05) is 34.1 Å². The average Bonchev–Trinajstić information content (AvgIpc) is 2.83. The first-order chi connectivity index (χ1) is 7.84. The van der Waals surface area contributed by atoms with Crippen LogP contribution >= 0.6 is 15.9 Å². The number of rotatable bonds is 0. The predicted molar refractivity (Wildman–Crippen MR) is 71.3 cm³/mol. The zero-order valence-electron chi connectivity index (χ0n) is 8.44. The summed E-state index contributed by atoms with van der Waals surface area (Å²) < 4.78 is 3.41. The SMILES string of the molecule is Brc1cc2ccn3c4ccccc4c(c1)c23. The number of hydrogen-bond donors (Lipinski definition) is 0. The van der Waals surface area contributed by atoms with Gasteiger partial charge in [0.15, 0.2) is 0 Å². The summed E-state index contributed by atoms with van der Waals surface area (Å²) in [4.78, 5) is 0. The molecule has 76 valence electrons. The van der Waals surface area contributed by atoms with Gasteiger partial charge in [0.25, 0.3) is 0 Å². The van der Waals surface area contributed by atoms with E-state index >= 15 is 0 Å². The molecule has 0 unspecified atom stereocenters. The molecule has 0 radical (unpaired) electrons. The van der Waals surface area contributed by atoms with E-state index in [1.807, 2.05) is 0 Å². The van der Waals surface area contributed by atoms with E-state index in [1.165, 1.54) is 27.2 Å². The van der Waals surface area contributed by atoms with Gasteiger partial charge in [0, 0.05) is 26.8 Å². The highest BCUT2D eigenvalue weighted by Gasteiger charge is 2.11. The number of aromatic nitrogens is 1. The lowest BCUT2D eigenvalue weighted by Crippen LogP contribution is -1.74. The number of halogens is 1. The second-order valence-corrected chi connectivity index (χ2v) is 5.01. The fourth-order valence-corrected chi connectivity index (χ4v) is 3.04. The van der Waals surface area contributed by atoms with E-state index in [0.717, 1.165) is 4.47 Å². The van der Waals surface area contributed by atoms with Crippen molar-refractivity contribution < 1.29 is 0 Å². The van der Waals surface area contributed by atoms with Gasteiger partial charge >= 0.3 is 0 Å². The average molecular weight is 270 g/mol. The van der Waals surface area contributed by atoms with Gasteiger partial charge in [-0.25, -0.2) is 0 Å². The Morgan fingerprint density at radius 2 is 1.81 bits per heavy atom. The van der Waals surface area contributed by atoms with Gasteiger partial charge in [-0.05, 0) is 24.3 Å². The summed E-state index contributed by atoms with van der Waals surface area (Å²) in [5, 5.41) is 3.94. The molecule has 0 spiro atoms. The lowest BCUT2D eigenvalue weighted by atomic mass is 10.1. The normalized spacial score (nSPS) is 12.1. The number of benzene rings is 2.